The number of anilines is 3. The van der Waals surface area contributed by atoms with Crippen LogP contribution in [0.4, 0.5) is 34.6 Å². The fourth-order valence-electron chi connectivity index (χ4n) is 7.06. The number of hydrogen-bond donors (Lipinski definition) is 0. The molecule has 7 heteroatoms. The van der Waals surface area contributed by atoms with Gasteiger partial charge in [-0.1, -0.05) is 54.6 Å². The highest BCUT2D eigenvalue weighted by Gasteiger charge is 2.21. The molecular weight excluding hydrogens is 622 g/mol. The van der Waals surface area contributed by atoms with Crippen molar-refractivity contribution in [3.63, 3.8) is 0 Å². The van der Waals surface area contributed by atoms with Gasteiger partial charge in [-0.15, -0.1) is 0 Å². The molecular formula is C42H25F4N3. The largest absolute Gasteiger partial charge is 0.310 e. The summed E-state index contributed by atoms with van der Waals surface area (Å²) in [6.07, 6.45) is 0. The van der Waals surface area contributed by atoms with Crippen LogP contribution in [0, 0.1) is 23.3 Å². The maximum atomic E-state index is 15.2. The van der Waals surface area contributed by atoms with Gasteiger partial charge in [-0.2, -0.15) is 0 Å². The lowest BCUT2D eigenvalue weighted by atomic mass is 10.1. The van der Waals surface area contributed by atoms with E-state index in [1.54, 1.807) is 9.13 Å². The molecule has 0 spiro atoms. The topological polar surface area (TPSA) is 13.1 Å². The zero-order valence-electron chi connectivity index (χ0n) is 25.8. The molecule has 0 aliphatic heterocycles. The van der Waals surface area contributed by atoms with E-state index in [-0.39, 0.29) is 11.4 Å². The molecule has 236 valence electrons. The lowest BCUT2D eigenvalue weighted by Crippen LogP contribution is -2.10. The fraction of sp³-hybridized carbons (Fsp3) is 0. The van der Waals surface area contributed by atoms with Crippen LogP contribution in [0.2, 0.25) is 0 Å². The molecule has 0 atom stereocenters. The standard InChI is InChI=1S/C42H25F4N3/c43-26-14-18-35(45)41(22-26)48-37-12-6-4-10-31(37)33-24-29(16-20-39(33)48)47(28-8-2-1-3-9-28)30-17-21-40-34(25-30)32-11-5-7-13-38(32)49(40)42-23-27(44)15-19-36(42)46/h1-25H. The Kier molecular flexibility index (Phi) is 6.55. The van der Waals surface area contributed by atoms with Gasteiger partial charge in [0.1, 0.15) is 23.3 Å². The summed E-state index contributed by atoms with van der Waals surface area (Å²) >= 11 is 0. The highest BCUT2D eigenvalue weighted by Crippen LogP contribution is 2.42. The molecule has 9 aromatic rings. The molecule has 3 nitrogen and oxygen atoms in total. The van der Waals surface area contributed by atoms with Crippen molar-refractivity contribution in [1.29, 1.82) is 0 Å². The lowest BCUT2D eigenvalue weighted by molar-refractivity contribution is 0.595. The second-order valence-corrected chi connectivity index (χ2v) is 12.0. The third kappa shape index (κ3) is 4.58. The smallest absolute Gasteiger partial charge is 0.147 e. The average Bonchev–Trinajstić information content (AvgIpc) is 3.63. The van der Waals surface area contributed by atoms with Crippen molar-refractivity contribution < 1.29 is 17.6 Å². The van der Waals surface area contributed by atoms with Crippen molar-refractivity contribution >= 4 is 60.7 Å². The Morgan fingerprint density at radius 1 is 0.347 bits per heavy atom. The first-order chi connectivity index (χ1) is 24.0. The second-order valence-electron chi connectivity index (χ2n) is 12.0. The molecule has 0 saturated heterocycles. The molecule has 0 radical (unpaired) electrons. The van der Waals surface area contributed by atoms with Gasteiger partial charge in [0, 0.05) is 50.7 Å². The monoisotopic (exact) mass is 647 g/mol. The van der Waals surface area contributed by atoms with E-state index in [1.165, 1.54) is 12.1 Å². The molecule has 2 heterocycles. The van der Waals surface area contributed by atoms with Gasteiger partial charge in [-0.3, -0.25) is 0 Å². The fourth-order valence-corrected chi connectivity index (χ4v) is 7.06. The summed E-state index contributed by atoms with van der Waals surface area (Å²) in [6.45, 7) is 0. The van der Waals surface area contributed by atoms with Gasteiger partial charge in [0.25, 0.3) is 0 Å². The van der Waals surface area contributed by atoms with E-state index < -0.39 is 23.3 Å². The third-order valence-corrected chi connectivity index (χ3v) is 9.14. The predicted octanol–water partition coefficient (Wildman–Crippen LogP) is 11.9. The van der Waals surface area contributed by atoms with Crippen LogP contribution in [0.3, 0.4) is 0 Å². The van der Waals surface area contributed by atoms with Crippen LogP contribution in [0.5, 0.6) is 0 Å². The van der Waals surface area contributed by atoms with Crippen molar-refractivity contribution in [1.82, 2.24) is 9.13 Å². The maximum absolute atomic E-state index is 15.2. The Balaban J connectivity index is 1.29. The number of nitrogens with zero attached hydrogens (tertiary/aromatic N) is 3. The molecule has 0 amide bonds. The van der Waals surface area contributed by atoms with E-state index in [1.807, 2.05) is 103 Å². The highest BCUT2D eigenvalue weighted by atomic mass is 19.1. The molecule has 0 unspecified atom stereocenters. The summed E-state index contributed by atoms with van der Waals surface area (Å²) in [6, 6.07) is 44.2. The molecule has 0 aliphatic rings. The average molecular weight is 648 g/mol. The number of benzene rings is 7. The second kappa shape index (κ2) is 11.1. The van der Waals surface area contributed by atoms with Crippen molar-refractivity contribution in [3.05, 3.63) is 175 Å². The summed E-state index contributed by atoms with van der Waals surface area (Å²) in [5.41, 5.74) is 5.85. The van der Waals surface area contributed by atoms with E-state index in [9.17, 15) is 8.78 Å². The summed E-state index contributed by atoms with van der Waals surface area (Å²) in [4.78, 5) is 2.13. The molecule has 0 aliphatic carbocycles. The zero-order valence-corrected chi connectivity index (χ0v) is 25.8. The van der Waals surface area contributed by atoms with Crippen molar-refractivity contribution in [2.24, 2.45) is 0 Å². The molecule has 2 aromatic heterocycles. The third-order valence-electron chi connectivity index (χ3n) is 9.14. The summed E-state index contributed by atoms with van der Waals surface area (Å²) in [5.74, 6) is -2.09. The first-order valence-corrected chi connectivity index (χ1v) is 15.8. The Morgan fingerprint density at radius 3 is 1.27 bits per heavy atom. The molecule has 0 saturated carbocycles. The maximum Gasteiger partial charge on any atom is 0.147 e. The first kappa shape index (κ1) is 28.8. The van der Waals surface area contributed by atoms with Gasteiger partial charge < -0.3 is 14.0 Å². The first-order valence-electron chi connectivity index (χ1n) is 15.8. The summed E-state index contributed by atoms with van der Waals surface area (Å²) < 4.78 is 62.7. The van der Waals surface area contributed by atoms with E-state index in [0.717, 1.165) is 84.9 Å². The Morgan fingerprint density at radius 2 is 0.776 bits per heavy atom. The number of aromatic nitrogens is 2. The minimum absolute atomic E-state index is 0.135. The van der Waals surface area contributed by atoms with Gasteiger partial charge >= 0.3 is 0 Å². The van der Waals surface area contributed by atoms with Crippen LogP contribution >= 0.6 is 0 Å². The van der Waals surface area contributed by atoms with E-state index >= 15 is 8.78 Å². The molecule has 0 N–H and O–H groups in total. The molecule has 7 aromatic carbocycles. The van der Waals surface area contributed by atoms with Gasteiger partial charge in [-0.05, 0) is 84.9 Å². The number of halogens is 4. The van der Waals surface area contributed by atoms with Crippen molar-refractivity contribution in [3.8, 4) is 11.4 Å². The minimum atomic E-state index is -0.523. The minimum Gasteiger partial charge on any atom is -0.310 e. The van der Waals surface area contributed by atoms with Gasteiger partial charge in [0.05, 0.1) is 33.4 Å². The lowest BCUT2D eigenvalue weighted by Gasteiger charge is -2.26. The van der Waals surface area contributed by atoms with Gasteiger partial charge in [0.2, 0.25) is 0 Å². The van der Waals surface area contributed by atoms with Crippen LogP contribution < -0.4 is 4.90 Å². The molecule has 0 bridgehead atoms. The number of para-hydroxylation sites is 3. The van der Waals surface area contributed by atoms with Crippen LogP contribution in [0.1, 0.15) is 0 Å². The number of fused-ring (bicyclic) bond motifs is 6. The number of hydrogen-bond acceptors (Lipinski definition) is 1. The van der Waals surface area contributed by atoms with Crippen molar-refractivity contribution in [2.75, 3.05) is 4.90 Å². The molecule has 9 rings (SSSR count). The van der Waals surface area contributed by atoms with Crippen LogP contribution in [-0.4, -0.2) is 9.13 Å². The predicted molar refractivity (Wildman–Crippen MR) is 190 cm³/mol. The van der Waals surface area contributed by atoms with E-state index in [2.05, 4.69) is 17.0 Å². The van der Waals surface area contributed by atoms with E-state index in [0.29, 0.717) is 0 Å². The Hall–Kier alpha value is -6.34. The zero-order chi connectivity index (χ0) is 33.2. The Bertz CT molecular complexity index is 2560. The number of rotatable bonds is 5. The van der Waals surface area contributed by atoms with Gasteiger partial charge in [0.15, 0.2) is 0 Å². The molecule has 0 fully saturated rings. The van der Waals surface area contributed by atoms with Crippen LogP contribution in [0.15, 0.2) is 152 Å². The summed E-state index contributed by atoms with van der Waals surface area (Å²) in [5, 5.41) is 3.53. The summed E-state index contributed by atoms with van der Waals surface area (Å²) in [7, 11) is 0. The quantitative estimate of drug-likeness (QED) is 0.169. The SMILES string of the molecule is Fc1ccc(F)c(-n2c3ccccc3c3cc(N(c4ccccc4)c4ccc5c(c4)c4ccccc4n5-c4cc(F)ccc4F)ccc32)c1. The van der Waals surface area contributed by atoms with Crippen LogP contribution in [-0.2, 0) is 0 Å². The van der Waals surface area contributed by atoms with E-state index in [4.69, 9.17) is 0 Å². The Labute approximate surface area is 278 Å². The van der Waals surface area contributed by atoms with Crippen molar-refractivity contribution in [2.45, 2.75) is 0 Å². The normalized spacial score (nSPS) is 11.7. The molecule has 49 heavy (non-hydrogen) atoms. The highest BCUT2D eigenvalue weighted by molar-refractivity contribution is 6.12. The van der Waals surface area contributed by atoms with Crippen LogP contribution in [0.25, 0.3) is 55.0 Å². The van der Waals surface area contributed by atoms with Gasteiger partial charge in [-0.25, -0.2) is 17.6 Å².